The summed E-state index contributed by atoms with van der Waals surface area (Å²) in [5, 5.41) is 9.33. The van der Waals surface area contributed by atoms with Gasteiger partial charge in [0.2, 0.25) is 0 Å². The third-order valence-electron chi connectivity index (χ3n) is 4.10. The molecule has 0 bridgehead atoms. The Morgan fingerprint density at radius 3 is 2.90 bits per heavy atom. The van der Waals surface area contributed by atoms with Crippen LogP contribution in [0.5, 0.6) is 0 Å². The Morgan fingerprint density at radius 2 is 2.07 bits per heavy atom. The molecule has 29 heavy (non-hydrogen) atoms. The number of thioether (sulfide) groups is 2. The number of ether oxygens (including phenoxy) is 1. The molecule has 0 saturated heterocycles. The molecule has 3 heterocycles. The summed E-state index contributed by atoms with van der Waals surface area (Å²) in [5.74, 6) is 2.21. The van der Waals surface area contributed by atoms with Crippen molar-refractivity contribution in [3.63, 3.8) is 0 Å². The summed E-state index contributed by atoms with van der Waals surface area (Å²) in [7, 11) is 1.94. The minimum Gasteiger partial charge on any atom is -0.468 e. The van der Waals surface area contributed by atoms with Gasteiger partial charge in [0.15, 0.2) is 9.50 Å². The molecule has 3 aromatic heterocycles. The predicted octanol–water partition coefficient (Wildman–Crippen LogP) is 4.78. The van der Waals surface area contributed by atoms with Crippen molar-refractivity contribution in [3.8, 4) is 0 Å². The molecule has 0 fully saturated rings. The summed E-state index contributed by atoms with van der Waals surface area (Å²) in [6, 6.07) is 9.74. The van der Waals surface area contributed by atoms with E-state index in [0.717, 1.165) is 20.8 Å². The summed E-state index contributed by atoms with van der Waals surface area (Å²) in [4.78, 5) is 16.6. The van der Waals surface area contributed by atoms with Crippen molar-refractivity contribution in [3.05, 3.63) is 53.7 Å². The molecule has 0 atom stereocenters. The fourth-order valence-electron chi connectivity index (χ4n) is 2.61. The number of para-hydroxylation sites is 1. The Kier molecular flexibility index (Phi) is 6.22. The Morgan fingerprint density at radius 1 is 1.21 bits per heavy atom. The molecular weight excluding hydrogens is 428 g/mol. The van der Waals surface area contributed by atoms with Crippen LogP contribution in [-0.4, -0.2) is 32.3 Å². The predicted molar refractivity (Wildman–Crippen MR) is 114 cm³/mol. The van der Waals surface area contributed by atoms with Gasteiger partial charge in [-0.1, -0.05) is 35.7 Å². The molecule has 1 aromatic carbocycles. The highest BCUT2D eigenvalue weighted by Gasteiger charge is 2.18. The van der Waals surface area contributed by atoms with Crippen LogP contribution in [0.1, 0.15) is 28.9 Å². The average molecular weight is 447 g/mol. The largest absolute Gasteiger partial charge is 0.468 e. The standard InChI is InChI=1S/C19H18N4O3S3/c1-3-25-17(24)12-8-9-26-14(12)10-27-18-22-21-16(23(18)2)11-28-19-20-13-6-4-5-7-15(13)29-19/h4-9H,3,10-11H2,1-2H3. The van der Waals surface area contributed by atoms with Crippen LogP contribution in [0.4, 0.5) is 0 Å². The molecule has 4 rings (SSSR count). The first kappa shape index (κ1) is 20.0. The van der Waals surface area contributed by atoms with Crippen molar-refractivity contribution in [1.82, 2.24) is 19.7 Å². The van der Waals surface area contributed by atoms with Crippen molar-refractivity contribution in [1.29, 1.82) is 0 Å². The van der Waals surface area contributed by atoms with Crippen molar-refractivity contribution >= 4 is 51.0 Å². The van der Waals surface area contributed by atoms with Gasteiger partial charge in [0.25, 0.3) is 0 Å². The summed E-state index contributed by atoms with van der Waals surface area (Å²) in [6.07, 6.45) is 1.50. The second kappa shape index (κ2) is 9.02. The van der Waals surface area contributed by atoms with Crippen molar-refractivity contribution in [2.24, 2.45) is 7.05 Å². The highest BCUT2D eigenvalue weighted by molar-refractivity contribution is 8.00. The lowest BCUT2D eigenvalue weighted by molar-refractivity contribution is 0.0524. The number of hydrogen-bond donors (Lipinski definition) is 0. The van der Waals surface area contributed by atoms with E-state index in [2.05, 4.69) is 21.2 Å². The van der Waals surface area contributed by atoms with Crippen LogP contribution in [-0.2, 0) is 23.3 Å². The molecule has 0 radical (unpaired) electrons. The Balaban J connectivity index is 1.39. The number of carbonyl (C=O) groups is 1. The van der Waals surface area contributed by atoms with Gasteiger partial charge in [0.1, 0.15) is 17.1 Å². The highest BCUT2D eigenvalue weighted by Crippen LogP contribution is 2.32. The fourth-order valence-corrected chi connectivity index (χ4v) is 5.54. The van der Waals surface area contributed by atoms with Crippen LogP contribution < -0.4 is 0 Å². The lowest BCUT2D eigenvalue weighted by Crippen LogP contribution is -2.05. The quantitative estimate of drug-likeness (QED) is 0.282. The van der Waals surface area contributed by atoms with E-state index in [0.29, 0.717) is 29.4 Å². The van der Waals surface area contributed by atoms with Crippen LogP contribution in [0.25, 0.3) is 10.2 Å². The number of fused-ring (bicyclic) bond motifs is 1. The zero-order valence-electron chi connectivity index (χ0n) is 15.8. The van der Waals surface area contributed by atoms with Crippen molar-refractivity contribution in [2.45, 2.75) is 27.9 Å². The highest BCUT2D eigenvalue weighted by atomic mass is 32.2. The van der Waals surface area contributed by atoms with E-state index in [1.54, 1.807) is 36.1 Å². The number of rotatable bonds is 8. The number of nitrogens with zero attached hydrogens (tertiary/aromatic N) is 4. The van der Waals surface area contributed by atoms with E-state index in [1.165, 1.54) is 22.7 Å². The Bertz CT molecular complexity index is 1100. The molecule has 0 saturated carbocycles. The second-order valence-electron chi connectivity index (χ2n) is 5.96. The van der Waals surface area contributed by atoms with Gasteiger partial charge in [-0.25, -0.2) is 9.78 Å². The van der Waals surface area contributed by atoms with Gasteiger partial charge in [-0.3, -0.25) is 0 Å². The van der Waals surface area contributed by atoms with Gasteiger partial charge in [0, 0.05) is 7.05 Å². The number of esters is 1. The molecule has 4 aromatic rings. The number of carbonyl (C=O) groups excluding carboxylic acids is 1. The van der Waals surface area contributed by atoms with Crippen molar-refractivity contribution in [2.75, 3.05) is 6.61 Å². The van der Waals surface area contributed by atoms with Gasteiger partial charge < -0.3 is 13.7 Å². The van der Waals surface area contributed by atoms with E-state index in [1.807, 2.05) is 29.8 Å². The summed E-state index contributed by atoms with van der Waals surface area (Å²) in [6.45, 7) is 2.11. The van der Waals surface area contributed by atoms with Crippen LogP contribution in [0, 0.1) is 0 Å². The first-order valence-electron chi connectivity index (χ1n) is 8.88. The third kappa shape index (κ3) is 4.49. The number of thiazole rings is 1. The Hall–Kier alpha value is -2.30. The van der Waals surface area contributed by atoms with E-state index in [-0.39, 0.29) is 5.97 Å². The van der Waals surface area contributed by atoms with Gasteiger partial charge in [-0.15, -0.1) is 21.5 Å². The van der Waals surface area contributed by atoms with E-state index in [4.69, 9.17) is 9.15 Å². The first-order chi connectivity index (χ1) is 14.2. The summed E-state index contributed by atoms with van der Waals surface area (Å²) < 4.78 is 14.6. The van der Waals surface area contributed by atoms with Gasteiger partial charge in [0.05, 0.1) is 34.6 Å². The molecule has 0 unspecified atom stereocenters. The Labute approximate surface area is 179 Å². The smallest absolute Gasteiger partial charge is 0.341 e. The van der Waals surface area contributed by atoms with Gasteiger partial charge in [-0.2, -0.15) is 0 Å². The van der Waals surface area contributed by atoms with E-state index >= 15 is 0 Å². The lowest BCUT2D eigenvalue weighted by atomic mass is 10.3. The first-order valence-corrected chi connectivity index (χ1v) is 11.7. The van der Waals surface area contributed by atoms with Crippen LogP contribution in [0.2, 0.25) is 0 Å². The maximum Gasteiger partial charge on any atom is 0.341 e. The normalized spacial score (nSPS) is 11.2. The van der Waals surface area contributed by atoms with Crippen molar-refractivity contribution < 1.29 is 13.9 Å². The van der Waals surface area contributed by atoms with Crippen LogP contribution in [0.3, 0.4) is 0 Å². The van der Waals surface area contributed by atoms with Gasteiger partial charge in [-0.05, 0) is 25.1 Å². The number of furan rings is 1. The molecule has 0 N–H and O–H groups in total. The average Bonchev–Trinajstić information content (AvgIpc) is 3.43. The molecule has 0 aliphatic carbocycles. The number of hydrogen-bond acceptors (Lipinski definition) is 9. The maximum atomic E-state index is 12.0. The fraction of sp³-hybridized carbons (Fsp3) is 0.263. The number of aromatic nitrogens is 4. The molecule has 0 spiro atoms. The molecule has 0 aliphatic heterocycles. The van der Waals surface area contributed by atoms with Gasteiger partial charge >= 0.3 is 5.97 Å². The van der Waals surface area contributed by atoms with E-state index < -0.39 is 0 Å². The zero-order valence-corrected chi connectivity index (χ0v) is 18.3. The monoisotopic (exact) mass is 446 g/mol. The zero-order chi connectivity index (χ0) is 20.2. The molecule has 150 valence electrons. The van der Waals surface area contributed by atoms with E-state index in [9.17, 15) is 4.79 Å². The molecule has 10 heteroatoms. The minimum absolute atomic E-state index is 0.329. The molecule has 0 amide bonds. The molecule has 7 nitrogen and oxygen atoms in total. The third-order valence-corrected chi connectivity index (χ3v) is 7.29. The topological polar surface area (TPSA) is 83.0 Å². The SMILES string of the molecule is CCOC(=O)c1ccoc1CSc1nnc(CSc2nc3ccccc3s2)n1C. The number of benzene rings is 1. The minimum atomic E-state index is -0.372. The summed E-state index contributed by atoms with van der Waals surface area (Å²) in [5.41, 5.74) is 1.47. The molecular formula is C19H18N4O3S3. The second-order valence-corrected chi connectivity index (χ2v) is 9.16. The lowest BCUT2D eigenvalue weighted by Gasteiger charge is -2.04. The van der Waals surface area contributed by atoms with Crippen LogP contribution in [0.15, 0.2) is 50.5 Å². The maximum absolute atomic E-state index is 12.0. The van der Waals surface area contributed by atoms with Crippen LogP contribution >= 0.6 is 34.9 Å². The molecule has 0 aliphatic rings. The summed E-state index contributed by atoms with van der Waals surface area (Å²) >= 11 is 4.79.